The molecule has 0 fully saturated rings. The van der Waals surface area contributed by atoms with Crippen LogP contribution in [0, 0.1) is 0 Å². The van der Waals surface area contributed by atoms with Gasteiger partial charge in [-0.05, 0) is 26.3 Å². The van der Waals surface area contributed by atoms with Crippen molar-refractivity contribution in [2.75, 3.05) is 53.1 Å². The Morgan fingerprint density at radius 3 is 2.24 bits per heavy atom. The molecule has 0 aliphatic heterocycles. The second kappa shape index (κ2) is 15.2. The summed E-state index contributed by atoms with van der Waals surface area (Å²) >= 11 is 0. The molecule has 0 rings (SSSR count). The molecule has 0 aromatic rings. The third-order valence-corrected chi connectivity index (χ3v) is 2.62. The molecule has 7 heteroatoms. The number of carbonyl (C=O) groups excluding carboxylic acids is 2. The minimum atomic E-state index is -0.0309. The largest absolute Gasteiger partial charge is 0.379 e. The molecular formula is C14H29N3O4. The van der Waals surface area contributed by atoms with Crippen LogP contribution in [0.3, 0.4) is 0 Å². The van der Waals surface area contributed by atoms with Gasteiger partial charge in [0.2, 0.25) is 11.8 Å². The Bertz CT molecular complexity index is 275. The smallest absolute Gasteiger partial charge is 0.234 e. The predicted molar refractivity (Wildman–Crippen MR) is 81.1 cm³/mol. The fraction of sp³-hybridized carbons (Fsp3) is 0.857. The lowest BCUT2D eigenvalue weighted by molar-refractivity contribution is -0.120. The molecule has 21 heavy (non-hydrogen) atoms. The molecule has 0 aromatic carbocycles. The summed E-state index contributed by atoms with van der Waals surface area (Å²) in [6, 6.07) is 0. The lowest BCUT2D eigenvalue weighted by atomic mass is 10.2. The second-order valence-electron chi connectivity index (χ2n) is 4.65. The number of ether oxygens (including phenoxy) is 2. The Morgan fingerprint density at radius 2 is 1.57 bits per heavy atom. The maximum absolute atomic E-state index is 11.1. The zero-order chi connectivity index (χ0) is 15.8. The van der Waals surface area contributed by atoms with E-state index in [1.807, 2.05) is 0 Å². The zero-order valence-electron chi connectivity index (χ0n) is 13.2. The van der Waals surface area contributed by atoms with Crippen LogP contribution in [0.25, 0.3) is 0 Å². The maximum atomic E-state index is 11.1. The molecule has 0 bridgehead atoms. The van der Waals surface area contributed by atoms with Gasteiger partial charge in [0.15, 0.2) is 0 Å². The molecule has 124 valence electrons. The van der Waals surface area contributed by atoms with E-state index < -0.39 is 0 Å². The van der Waals surface area contributed by atoms with Crippen LogP contribution in [0.15, 0.2) is 0 Å². The minimum absolute atomic E-state index is 0.0190. The van der Waals surface area contributed by atoms with Gasteiger partial charge in [0, 0.05) is 26.6 Å². The van der Waals surface area contributed by atoms with Gasteiger partial charge in [0.05, 0.1) is 26.4 Å². The number of hydrogen-bond acceptors (Lipinski definition) is 5. The van der Waals surface area contributed by atoms with Gasteiger partial charge in [-0.15, -0.1) is 0 Å². The number of likely N-dealkylation sites (N-methyl/N-ethyl adjacent to an activating group) is 1. The van der Waals surface area contributed by atoms with E-state index in [1.54, 1.807) is 7.05 Å². The van der Waals surface area contributed by atoms with Gasteiger partial charge in [-0.3, -0.25) is 9.59 Å². The zero-order valence-corrected chi connectivity index (χ0v) is 13.2. The molecule has 0 unspecified atom stereocenters. The van der Waals surface area contributed by atoms with E-state index in [2.05, 4.69) is 16.0 Å². The summed E-state index contributed by atoms with van der Waals surface area (Å²) in [6.45, 7) is 5.41. The molecule has 0 aromatic heterocycles. The van der Waals surface area contributed by atoms with Crippen molar-refractivity contribution >= 4 is 11.8 Å². The van der Waals surface area contributed by atoms with Crippen LogP contribution >= 0.6 is 0 Å². The number of carbonyl (C=O) groups is 2. The molecule has 0 heterocycles. The Labute approximate surface area is 127 Å². The summed E-state index contributed by atoms with van der Waals surface area (Å²) in [4.78, 5) is 21.7. The number of amides is 2. The van der Waals surface area contributed by atoms with Crippen LogP contribution in [0.4, 0.5) is 0 Å². The van der Waals surface area contributed by atoms with Crippen molar-refractivity contribution in [3.05, 3.63) is 0 Å². The summed E-state index contributed by atoms with van der Waals surface area (Å²) < 4.78 is 10.7. The molecule has 0 saturated heterocycles. The molecular weight excluding hydrogens is 274 g/mol. The topological polar surface area (TPSA) is 88.7 Å². The van der Waals surface area contributed by atoms with Crippen LogP contribution < -0.4 is 16.0 Å². The Balaban J connectivity index is 3.06. The fourth-order valence-corrected chi connectivity index (χ4v) is 1.58. The first-order valence-corrected chi connectivity index (χ1v) is 7.48. The molecule has 0 aliphatic carbocycles. The molecule has 0 radical (unpaired) electrons. The van der Waals surface area contributed by atoms with E-state index in [1.165, 1.54) is 6.92 Å². The van der Waals surface area contributed by atoms with E-state index in [-0.39, 0.29) is 11.8 Å². The van der Waals surface area contributed by atoms with Crippen LogP contribution in [0.5, 0.6) is 0 Å². The summed E-state index contributed by atoms with van der Waals surface area (Å²) in [7, 11) is 1.73. The molecule has 3 N–H and O–H groups in total. The summed E-state index contributed by atoms with van der Waals surface area (Å²) in [6.07, 6.45) is 3.00. The monoisotopic (exact) mass is 303 g/mol. The van der Waals surface area contributed by atoms with Gasteiger partial charge in [0.1, 0.15) is 0 Å². The van der Waals surface area contributed by atoms with E-state index in [9.17, 15) is 9.59 Å². The van der Waals surface area contributed by atoms with E-state index >= 15 is 0 Å². The van der Waals surface area contributed by atoms with Crippen molar-refractivity contribution < 1.29 is 19.1 Å². The highest BCUT2D eigenvalue weighted by atomic mass is 16.5. The Morgan fingerprint density at radius 1 is 0.857 bits per heavy atom. The molecule has 0 spiro atoms. The normalized spacial score (nSPS) is 10.4. The van der Waals surface area contributed by atoms with E-state index in [0.717, 1.165) is 25.8 Å². The third kappa shape index (κ3) is 16.8. The van der Waals surface area contributed by atoms with Crippen molar-refractivity contribution in [1.29, 1.82) is 0 Å². The van der Waals surface area contributed by atoms with Gasteiger partial charge in [-0.1, -0.05) is 0 Å². The van der Waals surface area contributed by atoms with E-state index in [0.29, 0.717) is 39.5 Å². The third-order valence-electron chi connectivity index (χ3n) is 2.62. The first-order valence-electron chi connectivity index (χ1n) is 7.48. The number of unbranched alkanes of at least 4 members (excludes halogenated alkanes) is 2. The quantitative estimate of drug-likeness (QED) is 0.382. The molecule has 0 saturated carbocycles. The van der Waals surface area contributed by atoms with Crippen LogP contribution in [-0.4, -0.2) is 64.9 Å². The first kappa shape index (κ1) is 19.8. The number of hydrogen-bond donors (Lipinski definition) is 3. The van der Waals surface area contributed by atoms with Gasteiger partial charge < -0.3 is 25.4 Å². The molecule has 0 aliphatic rings. The minimum Gasteiger partial charge on any atom is -0.379 e. The van der Waals surface area contributed by atoms with Gasteiger partial charge >= 0.3 is 0 Å². The highest BCUT2D eigenvalue weighted by Crippen LogP contribution is 1.94. The highest BCUT2D eigenvalue weighted by Gasteiger charge is 1.97. The fourth-order valence-electron chi connectivity index (χ4n) is 1.58. The van der Waals surface area contributed by atoms with Gasteiger partial charge in [0.25, 0.3) is 0 Å². The molecule has 2 amide bonds. The average Bonchev–Trinajstić information content (AvgIpc) is 2.44. The predicted octanol–water partition coefficient (Wildman–Crippen LogP) is -0.338. The van der Waals surface area contributed by atoms with Crippen LogP contribution in [-0.2, 0) is 19.1 Å². The average molecular weight is 303 g/mol. The highest BCUT2D eigenvalue weighted by molar-refractivity contribution is 5.77. The van der Waals surface area contributed by atoms with Crippen molar-refractivity contribution in [2.45, 2.75) is 26.2 Å². The first-order chi connectivity index (χ1) is 10.2. The SMILES string of the molecule is CNCC(=O)NCCOCCOCCCCCNC(C)=O. The number of rotatable bonds is 14. The van der Waals surface area contributed by atoms with Crippen molar-refractivity contribution in [1.82, 2.24) is 16.0 Å². The maximum Gasteiger partial charge on any atom is 0.234 e. The van der Waals surface area contributed by atoms with Gasteiger partial charge in [-0.25, -0.2) is 0 Å². The standard InChI is InChI=1S/C14H29N3O4/c1-13(18)16-6-4-3-5-8-20-10-11-21-9-7-17-14(19)12-15-2/h15H,3-12H2,1-2H3,(H,16,18)(H,17,19). The lowest BCUT2D eigenvalue weighted by Crippen LogP contribution is -2.34. The Kier molecular flexibility index (Phi) is 14.4. The van der Waals surface area contributed by atoms with Gasteiger partial charge in [-0.2, -0.15) is 0 Å². The lowest BCUT2D eigenvalue weighted by Gasteiger charge is -2.07. The van der Waals surface area contributed by atoms with Crippen LogP contribution in [0.1, 0.15) is 26.2 Å². The van der Waals surface area contributed by atoms with Crippen LogP contribution in [0.2, 0.25) is 0 Å². The van der Waals surface area contributed by atoms with Crippen molar-refractivity contribution in [3.63, 3.8) is 0 Å². The van der Waals surface area contributed by atoms with E-state index in [4.69, 9.17) is 9.47 Å². The summed E-state index contributed by atoms with van der Waals surface area (Å²) in [5.41, 5.74) is 0. The summed E-state index contributed by atoms with van der Waals surface area (Å²) in [5.74, 6) is -0.0119. The van der Waals surface area contributed by atoms with Crippen molar-refractivity contribution in [3.8, 4) is 0 Å². The summed E-state index contributed by atoms with van der Waals surface area (Å²) in [5, 5.41) is 8.26. The molecule has 7 nitrogen and oxygen atoms in total. The number of nitrogens with one attached hydrogen (secondary N) is 3. The second-order valence-corrected chi connectivity index (χ2v) is 4.65. The Hall–Kier alpha value is -1.18. The van der Waals surface area contributed by atoms with Crippen molar-refractivity contribution in [2.24, 2.45) is 0 Å². The molecule has 0 atom stereocenters.